The van der Waals surface area contributed by atoms with Crippen LogP contribution < -0.4 is 10.6 Å². The molecule has 1 aliphatic rings. The molecule has 0 aromatic heterocycles. The SMILES string of the molecule is CC(=O)Nc1cc(C(=O)N2CCNCC2c2ccccc2Cl)ccc1F. The summed E-state index contributed by atoms with van der Waals surface area (Å²) in [4.78, 5) is 26.0. The molecule has 2 amide bonds. The van der Waals surface area contributed by atoms with Crippen LogP contribution in [-0.2, 0) is 4.79 Å². The number of carbonyl (C=O) groups excluding carboxylic acids is 2. The van der Waals surface area contributed by atoms with E-state index in [1.54, 1.807) is 11.0 Å². The number of rotatable bonds is 3. The molecule has 2 aromatic carbocycles. The van der Waals surface area contributed by atoms with Crippen LogP contribution in [0.5, 0.6) is 0 Å². The molecule has 5 nitrogen and oxygen atoms in total. The van der Waals surface area contributed by atoms with Crippen LogP contribution >= 0.6 is 11.6 Å². The van der Waals surface area contributed by atoms with Crippen molar-refractivity contribution >= 4 is 29.1 Å². The molecule has 26 heavy (non-hydrogen) atoms. The lowest BCUT2D eigenvalue weighted by Crippen LogP contribution is -2.48. The maximum Gasteiger partial charge on any atom is 0.254 e. The second-order valence-electron chi connectivity index (χ2n) is 6.12. The number of hydrogen-bond donors (Lipinski definition) is 2. The summed E-state index contributed by atoms with van der Waals surface area (Å²) in [6, 6.07) is 11.2. The largest absolute Gasteiger partial charge is 0.329 e. The summed E-state index contributed by atoms with van der Waals surface area (Å²) in [7, 11) is 0. The minimum atomic E-state index is -0.584. The summed E-state index contributed by atoms with van der Waals surface area (Å²) in [5.41, 5.74) is 1.17. The topological polar surface area (TPSA) is 61.4 Å². The highest BCUT2D eigenvalue weighted by Crippen LogP contribution is 2.30. The predicted molar refractivity (Wildman–Crippen MR) is 98.8 cm³/mol. The van der Waals surface area contributed by atoms with Crippen molar-refractivity contribution in [3.63, 3.8) is 0 Å². The van der Waals surface area contributed by atoms with Crippen LogP contribution in [0.1, 0.15) is 28.9 Å². The van der Waals surface area contributed by atoms with Crippen LogP contribution in [0, 0.1) is 5.82 Å². The molecule has 7 heteroatoms. The fourth-order valence-corrected chi connectivity index (χ4v) is 3.34. The molecule has 1 unspecified atom stereocenters. The van der Waals surface area contributed by atoms with Crippen molar-refractivity contribution in [1.82, 2.24) is 10.2 Å². The molecule has 0 saturated carbocycles. The predicted octanol–water partition coefficient (Wildman–Crippen LogP) is 3.22. The average molecular weight is 376 g/mol. The van der Waals surface area contributed by atoms with Gasteiger partial charge in [-0.3, -0.25) is 9.59 Å². The van der Waals surface area contributed by atoms with Gasteiger partial charge in [-0.2, -0.15) is 0 Å². The Morgan fingerprint density at radius 3 is 2.77 bits per heavy atom. The van der Waals surface area contributed by atoms with Crippen molar-refractivity contribution in [1.29, 1.82) is 0 Å². The molecule has 1 fully saturated rings. The number of hydrogen-bond acceptors (Lipinski definition) is 3. The molecular formula is C19H19ClFN3O2. The Morgan fingerprint density at radius 2 is 2.04 bits per heavy atom. The van der Waals surface area contributed by atoms with Gasteiger partial charge in [0, 0.05) is 37.1 Å². The Balaban J connectivity index is 1.92. The highest BCUT2D eigenvalue weighted by Gasteiger charge is 2.30. The summed E-state index contributed by atoms with van der Waals surface area (Å²) in [6.07, 6.45) is 0. The normalized spacial score (nSPS) is 17.0. The lowest BCUT2D eigenvalue weighted by Gasteiger charge is -2.37. The second-order valence-corrected chi connectivity index (χ2v) is 6.52. The number of halogens is 2. The van der Waals surface area contributed by atoms with E-state index in [0.29, 0.717) is 30.2 Å². The van der Waals surface area contributed by atoms with E-state index in [0.717, 1.165) is 5.56 Å². The number of nitrogens with one attached hydrogen (secondary N) is 2. The number of benzene rings is 2. The van der Waals surface area contributed by atoms with Crippen molar-refractivity contribution in [3.05, 3.63) is 64.4 Å². The molecule has 1 aliphatic heterocycles. The average Bonchev–Trinajstić information content (AvgIpc) is 2.63. The first-order valence-electron chi connectivity index (χ1n) is 8.30. The Kier molecular flexibility index (Phi) is 5.54. The summed E-state index contributed by atoms with van der Waals surface area (Å²) >= 11 is 6.31. The summed E-state index contributed by atoms with van der Waals surface area (Å²) in [5.74, 6) is -1.22. The van der Waals surface area contributed by atoms with Gasteiger partial charge in [0.25, 0.3) is 5.91 Å². The molecule has 0 aliphatic carbocycles. The van der Waals surface area contributed by atoms with Gasteiger partial charge in [-0.15, -0.1) is 0 Å². The van der Waals surface area contributed by atoms with E-state index in [9.17, 15) is 14.0 Å². The standard InChI is InChI=1S/C19H19ClFN3O2/c1-12(25)23-17-10-13(6-7-16(17)21)19(26)24-9-8-22-11-18(24)14-4-2-3-5-15(14)20/h2-7,10,18,22H,8-9,11H2,1H3,(H,23,25). The molecule has 0 bridgehead atoms. The van der Waals surface area contributed by atoms with Crippen molar-refractivity contribution in [3.8, 4) is 0 Å². The molecule has 1 atom stereocenters. The van der Waals surface area contributed by atoms with Gasteiger partial charge in [0.05, 0.1) is 11.7 Å². The molecule has 3 rings (SSSR count). The van der Waals surface area contributed by atoms with Crippen LogP contribution in [0.3, 0.4) is 0 Å². The van der Waals surface area contributed by atoms with Crippen LogP contribution in [0.15, 0.2) is 42.5 Å². The molecule has 2 aromatic rings. The number of amides is 2. The van der Waals surface area contributed by atoms with Gasteiger partial charge in [-0.1, -0.05) is 29.8 Å². The van der Waals surface area contributed by atoms with Crippen LogP contribution in [0.2, 0.25) is 5.02 Å². The molecule has 1 heterocycles. The van der Waals surface area contributed by atoms with Gasteiger partial charge in [0.2, 0.25) is 5.91 Å². The fraction of sp³-hybridized carbons (Fsp3) is 0.263. The molecule has 0 radical (unpaired) electrons. The first-order valence-corrected chi connectivity index (χ1v) is 8.68. The highest BCUT2D eigenvalue weighted by atomic mass is 35.5. The summed E-state index contributed by atoms with van der Waals surface area (Å²) in [5, 5.41) is 6.27. The number of anilines is 1. The van der Waals surface area contributed by atoms with E-state index in [-0.39, 0.29) is 17.6 Å². The Morgan fingerprint density at radius 1 is 1.27 bits per heavy atom. The first kappa shape index (κ1) is 18.4. The lowest BCUT2D eigenvalue weighted by molar-refractivity contribution is -0.114. The number of carbonyl (C=O) groups is 2. The maximum absolute atomic E-state index is 13.9. The second kappa shape index (κ2) is 7.85. The Hall–Kier alpha value is -2.44. The lowest BCUT2D eigenvalue weighted by atomic mass is 10.0. The third-order valence-electron chi connectivity index (χ3n) is 4.29. The van der Waals surface area contributed by atoms with Crippen molar-refractivity contribution in [2.24, 2.45) is 0 Å². The van der Waals surface area contributed by atoms with E-state index in [4.69, 9.17) is 11.6 Å². The van der Waals surface area contributed by atoms with E-state index < -0.39 is 11.7 Å². The van der Waals surface area contributed by atoms with E-state index >= 15 is 0 Å². The first-order chi connectivity index (χ1) is 12.5. The quantitative estimate of drug-likeness (QED) is 0.865. The van der Waals surface area contributed by atoms with Crippen LogP contribution in [-0.4, -0.2) is 36.3 Å². The Bertz CT molecular complexity index is 843. The summed E-state index contributed by atoms with van der Waals surface area (Å²) in [6.45, 7) is 3.03. The van der Waals surface area contributed by atoms with Crippen molar-refractivity contribution in [2.75, 3.05) is 25.0 Å². The number of piperazine rings is 1. The van der Waals surface area contributed by atoms with E-state index in [1.807, 2.05) is 18.2 Å². The third-order valence-corrected chi connectivity index (χ3v) is 4.64. The number of nitrogens with zero attached hydrogens (tertiary/aromatic N) is 1. The van der Waals surface area contributed by atoms with Gasteiger partial charge in [0.15, 0.2) is 0 Å². The zero-order valence-electron chi connectivity index (χ0n) is 14.3. The third kappa shape index (κ3) is 3.86. The minimum absolute atomic E-state index is 0.00669. The monoisotopic (exact) mass is 375 g/mol. The highest BCUT2D eigenvalue weighted by molar-refractivity contribution is 6.31. The molecule has 0 spiro atoms. The van der Waals surface area contributed by atoms with Gasteiger partial charge in [-0.25, -0.2) is 4.39 Å². The van der Waals surface area contributed by atoms with E-state index in [1.165, 1.54) is 25.1 Å². The Labute approximate surface area is 156 Å². The molecule has 2 N–H and O–H groups in total. The molecular weight excluding hydrogens is 357 g/mol. The van der Waals surface area contributed by atoms with E-state index in [2.05, 4.69) is 10.6 Å². The smallest absolute Gasteiger partial charge is 0.254 e. The summed E-state index contributed by atoms with van der Waals surface area (Å²) < 4.78 is 13.9. The molecule has 136 valence electrons. The fourth-order valence-electron chi connectivity index (χ4n) is 3.08. The van der Waals surface area contributed by atoms with Crippen molar-refractivity contribution < 1.29 is 14.0 Å². The van der Waals surface area contributed by atoms with Crippen LogP contribution in [0.4, 0.5) is 10.1 Å². The van der Waals surface area contributed by atoms with Gasteiger partial charge < -0.3 is 15.5 Å². The molecule has 1 saturated heterocycles. The zero-order chi connectivity index (χ0) is 18.7. The van der Waals surface area contributed by atoms with Crippen molar-refractivity contribution in [2.45, 2.75) is 13.0 Å². The maximum atomic E-state index is 13.9. The van der Waals surface area contributed by atoms with Crippen LogP contribution in [0.25, 0.3) is 0 Å². The minimum Gasteiger partial charge on any atom is -0.329 e. The van der Waals surface area contributed by atoms with Gasteiger partial charge in [0.1, 0.15) is 5.82 Å². The van der Waals surface area contributed by atoms with Gasteiger partial charge in [-0.05, 0) is 29.8 Å². The van der Waals surface area contributed by atoms with Gasteiger partial charge >= 0.3 is 0 Å². The zero-order valence-corrected chi connectivity index (χ0v) is 15.0.